The second-order valence-corrected chi connectivity index (χ2v) is 6.05. The summed E-state index contributed by atoms with van der Waals surface area (Å²) in [5, 5.41) is 0. The van der Waals surface area contributed by atoms with Crippen LogP contribution in [-0.2, 0) is 13.3 Å². The number of hydrogen-bond acceptors (Lipinski definition) is 3. The van der Waals surface area contributed by atoms with Crippen LogP contribution in [0.5, 0.6) is 0 Å². The molecular weight excluding hydrogens is 184 g/mol. The quantitative estimate of drug-likeness (QED) is 0.597. The molecule has 0 aromatic carbocycles. The predicted octanol–water partition coefficient (Wildman–Crippen LogP) is 2.26. The van der Waals surface area contributed by atoms with Crippen molar-refractivity contribution in [2.24, 2.45) is 0 Å². The molecule has 1 unspecified atom stereocenters. The van der Waals surface area contributed by atoms with Crippen LogP contribution in [0.4, 0.5) is 0 Å². The molecule has 79 valence electrons. The lowest BCUT2D eigenvalue weighted by molar-refractivity contribution is 0.113. The molecule has 3 nitrogen and oxygen atoms in total. The lowest BCUT2D eigenvalue weighted by Crippen LogP contribution is -2.47. The third kappa shape index (κ3) is 3.05. The van der Waals surface area contributed by atoms with Crippen molar-refractivity contribution in [2.75, 3.05) is 21.3 Å². The highest BCUT2D eigenvalue weighted by atomic mass is 28.4. The van der Waals surface area contributed by atoms with Gasteiger partial charge in [-0.2, -0.15) is 0 Å². The third-order valence-corrected chi connectivity index (χ3v) is 5.53. The third-order valence-electron chi connectivity index (χ3n) is 2.27. The lowest BCUT2D eigenvalue weighted by atomic mass is 10.2. The molecule has 1 atom stereocenters. The summed E-state index contributed by atoms with van der Waals surface area (Å²) < 4.78 is 16.2. The first kappa shape index (κ1) is 13.1. The van der Waals surface area contributed by atoms with Crippen molar-refractivity contribution in [3.05, 3.63) is 6.42 Å². The molecule has 0 fully saturated rings. The second-order valence-electron chi connectivity index (χ2n) is 2.87. The van der Waals surface area contributed by atoms with Crippen molar-refractivity contribution in [1.82, 2.24) is 0 Å². The molecule has 1 radical (unpaired) electrons. The van der Waals surface area contributed by atoms with E-state index in [1.54, 1.807) is 21.3 Å². The van der Waals surface area contributed by atoms with Crippen molar-refractivity contribution in [1.29, 1.82) is 0 Å². The monoisotopic (exact) mass is 205 g/mol. The second kappa shape index (κ2) is 6.54. The van der Waals surface area contributed by atoms with Crippen molar-refractivity contribution in [3.63, 3.8) is 0 Å². The maximum Gasteiger partial charge on any atom is 0.503 e. The maximum absolute atomic E-state index is 5.41. The van der Waals surface area contributed by atoms with E-state index in [-0.39, 0.29) is 0 Å². The van der Waals surface area contributed by atoms with Gasteiger partial charge in [-0.15, -0.1) is 0 Å². The molecule has 0 heterocycles. The topological polar surface area (TPSA) is 27.7 Å². The van der Waals surface area contributed by atoms with E-state index in [1.807, 2.05) is 0 Å². The van der Waals surface area contributed by atoms with Gasteiger partial charge in [0.1, 0.15) is 0 Å². The van der Waals surface area contributed by atoms with Gasteiger partial charge in [0.25, 0.3) is 0 Å². The van der Waals surface area contributed by atoms with E-state index in [9.17, 15) is 0 Å². The largest absolute Gasteiger partial charge is 0.503 e. The van der Waals surface area contributed by atoms with Crippen LogP contribution < -0.4 is 0 Å². The summed E-state index contributed by atoms with van der Waals surface area (Å²) in [6.07, 6.45) is 4.22. The van der Waals surface area contributed by atoms with Gasteiger partial charge in [-0.3, -0.25) is 0 Å². The minimum atomic E-state index is -2.42. The van der Waals surface area contributed by atoms with Crippen molar-refractivity contribution >= 4 is 8.80 Å². The van der Waals surface area contributed by atoms with Gasteiger partial charge in [-0.05, 0) is 12.8 Å². The fraction of sp³-hybridized carbons (Fsp3) is 0.889. The maximum atomic E-state index is 5.41. The van der Waals surface area contributed by atoms with Gasteiger partial charge in [-0.1, -0.05) is 20.3 Å². The van der Waals surface area contributed by atoms with E-state index >= 15 is 0 Å². The van der Waals surface area contributed by atoms with E-state index in [2.05, 4.69) is 20.3 Å². The minimum Gasteiger partial charge on any atom is -0.377 e. The van der Waals surface area contributed by atoms with E-state index in [0.717, 1.165) is 12.8 Å². The average Bonchev–Trinajstić information content (AvgIpc) is 2.19. The molecule has 0 aromatic heterocycles. The zero-order chi connectivity index (χ0) is 10.3. The highest BCUT2D eigenvalue weighted by Gasteiger charge is 2.45. The molecule has 0 bridgehead atoms. The van der Waals surface area contributed by atoms with Gasteiger partial charge in [0.2, 0.25) is 0 Å². The Labute approximate surface area is 82.8 Å². The molecule has 4 heteroatoms. The Morgan fingerprint density at radius 1 is 1.08 bits per heavy atom. The Kier molecular flexibility index (Phi) is 6.58. The van der Waals surface area contributed by atoms with Crippen LogP contribution in [0, 0.1) is 6.42 Å². The normalized spacial score (nSPS) is 14.5. The van der Waals surface area contributed by atoms with Crippen LogP contribution in [0.1, 0.15) is 26.7 Å². The SMILES string of the molecule is CC[CH]C(CC)[Si](OC)(OC)OC. The Hall–Kier alpha value is 0.0969. The Morgan fingerprint density at radius 3 is 1.77 bits per heavy atom. The summed E-state index contributed by atoms with van der Waals surface area (Å²) in [5.41, 5.74) is 0.303. The fourth-order valence-electron chi connectivity index (χ4n) is 1.55. The fourth-order valence-corrected chi connectivity index (χ4v) is 3.98. The Bertz CT molecular complexity index is 118. The number of hydrogen-bond donors (Lipinski definition) is 0. The molecule has 0 aliphatic rings. The van der Waals surface area contributed by atoms with Crippen LogP contribution in [-0.4, -0.2) is 30.1 Å². The van der Waals surface area contributed by atoms with Crippen molar-refractivity contribution in [2.45, 2.75) is 32.2 Å². The summed E-state index contributed by atoms with van der Waals surface area (Å²) in [5.74, 6) is 0. The highest BCUT2D eigenvalue weighted by Crippen LogP contribution is 2.30. The van der Waals surface area contributed by atoms with E-state index < -0.39 is 8.80 Å². The Morgan fingerprint density at radius 2 is 1.54 bits per heavy atom. The smallest absolute Gasteiger partial charge is 0.377 e. The number of rotatable bonds is 7. The highest BCUT2D eigenvalue weighted by molar-refractivity contribution is 6.62. The summed E-state index contributed by atoms with van der Waals surface area (Å²) >= 11 is 0. The van der Waals surface area contributed by atoms with Gasteiger partial charge >= 0.3 is 8.80 Å². The first-order valence-electron chi connectivity index (χ1n) is 4.69. The molecule has 0 rings (SSSR count). The predicted molar refractivity (Wildman–Crippen MR) is 55.4 cm³/mol. The molecule has 0 amide bonds. The average molecular weight is 205 g/mol. The lowest BCUT2D eigenvalue weighted by Gasteiger charge is -2.31. The molecule has 0 saturated carbocycles. The molecule has 0 aromatic rings. The zero-order valence-electron chi connectivity index (χ0n) is 9.29. The molecule has 0 aliphatic carbocycles. The van der Waals surface area contributed by atoms with Gasteiger partial charge in [0.15, 0.2) is 0 Å². The van der Waals surface area contributed by atoms with Crippen LogP contribution >= 0.6 is 0 Å². The van der Waals surface area contributed by atoms with E-state index in [4.69, 9.17) is 13.3 Å². The van der Waals surface area contributed by atoms with Crippen LogP contribution in [0.25, 0.3) is 0 Å². The van der Waals surface area contributed by atoms with Gasteiger partial charge in [-0.25, -0.2) is 0 Å². The van der Waals surface area contributed by atoms with E-state index in [0.29, 0.717) is 5.54 Å². The first-order chi connectivity index (χ1) is 6.20. The molecule has 0 saturated heterocycles. The Balaban J connectivity index is 4.45. The molecule has 13 heavy (non-hydrogen) atoms. The van der Waals surface area contributed by atoms with Crippen LogP contribution in [0.2, 0.25) is 5.54 Å². The van der Waals surface area contributed by atoms with Crippen LogP contribution in [0.3, 0.4) is 0 Å². The van der Waals surface area contributed by atoms with Crippen molar-refractivity contribution < 1.29 is 13.3 Å². The molecule has 0 aliphatic heterocycles. The first-order valence-corrected chi connectivity index (χ1v) is 6.49. The summed E-state index contributed by atoms with van der Waals surface area (Å²) in [6.45, 7) is 4.23. The standard InChI is InChI=1S/C9H21O3Si/c1-6-8-9(7-2)13(10-3,11-4)12-5/h8-9H,6-7H2,1-5H3. The minimum absolute atomic E-state index is 0.303. The summed E-state index contributed by atoms with van der Waals surface area (Å²) in [4.78, 5) is 0. The summed E-state index contributed by atoms with van der Waals surface area (Å²) in [6, 6.07) is 0. The zero-order valence-corrected chi connectivity index (χ0v) is 10.3. The van der Waals surface area contributed by atoms with Crippen molar-refractivity contribution in [3.8, 4) is 0 Å². The van der Waals surface area contributed by atoms with Gasteiger partial charge in [0.05, 0.1) is 0 Å². The molecule has 0 N–H and O–H groups in total. The van der Waals surface area contributed by atoms with Gasteiger partial charge in [0, 0.05) is 26.9 Å². The van der Waals surface area contributed by atoms with E-state index in [1.165, 1.54) is 0 Å². The van der Waals surface area contributed by atoms with Gasteiger partial charge < -0.3 is 13.3 Å². The summed E-state index contributed by atoms with van der Waals surface area (Å²) in [7, 11) is 2.55. The molecular formula is C9H21O3Si. The molecule has 0 spiro atoms. The van der Waals surface area contributed by atoms with Crippen LogP contribution in [0.15, 0.2) is 0 Å².